The number of aromatic nitrogens is 1. The second kappa shape index (κ2) is 3.07. The lowest BCUT2D eigenvalue weighted by Gasteiger charge is -2.01. The van der Waals surface area contributed by atoms with E-state index in [0.717, 1.165) is 13.1 Å². The standard InChI is InChI=1S/C10H12N2/c1-8-4-10(7-12-5-8)9-2-3-11-6-9/h2,4-5,7,11H,3,6H2,1H3. The lowest BCUT2D eigenvalue weighted by molar-refractivity contribution is 0.897. The van der Waals surface area contributed by atoms with Gasteiger partial charge in [-0.1, -0.05) is 6.08 Å². The molecule has 0 amide bonds. The van der Waals surface area contributed by atoms with Crippen LogP contribution in [-0.4, -0.2) is 18.1 Å². The molecule has 1 aromatic rings. The van der Waals surface area contributed by atoms with Crippen LogP contribution in [0.5, 0.6) is 0 Å². The Balaban J connectivity index is 2.33. The summed E-state index contributed by atoms with van der Waals surface area (Å²) < 4.78 is 0. The van der Waals surface area contributed by atoms with Crippen LogP contribution >= 0.6 is 0 Å². The van der Waals surface area contributed by atoms with Crippen molar-refractivity contribution in [2.24, 2.45) is 0 Å². The van der Waals surface area contributed by atoms with Crippen molar-refractivity contribution in [1.29, 1.82) is 0 Å². The first-order chi connectivity index (χ1) is 5.86. The first-order valence-corrected chi connectivity index (χ1v) is 4.18. The van der Waals surface area contributed by atoms with Gasteiger partial charge in [0.25, 0.3) is 0 Å². The fourth-order valence-corrected chi connectivity index (χ4v) is 1.42. The highest BCUT2D eigenvalue weighted by atomic mass is 14.9. The molecule has 2 rings (SSSR count). The average molecular weight is 160 g/mol. The largest absolute Gasteiger partial charge is 0.309 e. The van der Waals surface area contributed by atoms with E-state index in [0.29, 0.717) is 0 Å². The lowest BCUT2D eigenvalue weighted by Crippen LogP contribution is -2.07. The topological polar surface area (TPSA) is 24.9 Å². The molecule has 1 N–H and O–H groups in total. The van der Waals surface area contributed by atoms with E-state index in [2.05, 4.69) is 29.4 Å². The maximum atomic E-state index is 4.16. The number of hydrogen-bond donors (Lipinski definition) is 1. The van der Waals surface area contributed by atoms with Crippen molar-refractivity contribution in [2.45, 2.75) is 6.92 Å². The Hall–Kier alpha value is -1.15. The third-order valence-electron chi connectivity index (χ3n) is 2.05. The number of nitrogens with zero attached hydrogens (tertiary/aromatic N) is 1. The minimum Gasteiger partial charge on any atom is -0.309 e. The summed E-state index contributed by atoms with van der Waals surface area (Å²) >= 11 is 0. The van der Waals surface area contributed by atoms with Gasteiger partial charge in [-0.3, -0.25) is 4.98 Å². The maximum absolute atomic E-state index is 4.16. The molecule has 1 aromatic heterocycles. The van der Waals surface area contributed by atoms with E-state index in [-0.39, 0.29) is 0 Å². The number of nitrogens with one attached hydrogen (secondary N) is 1. The number of rotatable bonds is 1. The van der Waals surface area contributed by atoms with Crippen LogP contribution in [0.25, 0.3) is 5.57 Å². The summed E-state index contributed by atoms with van der Waals surface area (Å²) in [5.74, 6) is 0. The van der Waals surface area contributed by atoms with Crippen molar-refractivity contribution < 1.29 is 0 Å². The number of aryl methyl sites for hydroxylation is 1. The maximum Gasteiger partial charge on any atom is 0.0343 e. The predicted molar refractivity (Wildman–Crippen MR) is 49.8 cm³/mol. The summed E-state index contributed by atoms with van der Waals surface area (Å²) in [5, 5.41) is 3.27. The van der Waals surface area contributed by atoms with Crippen LogP contribution in [0.2, 0.25) is 0 Å². The summed E-state index contributed by atoms with van der Waals surface area (Å²) in [5.41, 5.74) is 3.84. The van der Waals surface area contributed by atoms with Crippen LogP contribution in [0.15, 0.2) is 24.5 Å². The Bertz CT molecular complexity index is 315. The first-order valence-electron chi connectivity index (χ1n) is 4.18. The molecule has 0 bridgehead atoms. The van der Waals surface area contributed by atoms with Crippen LogP contribution in [-0.2, 0) is 0 Å². The second-order valence-electron chi connectivity index (χ2n) is 3.11. The van der Waals surface area contributed by atoms with E-state index in [1.54, 1.807) is 0 Å². The fraction of sp³-hybridized carbons (Fsp3) is 0.300. The van der Waals surface area contributed by atoms with Gasteiger partial charge in [-0.25, -0.2) is 0 Å². The Morgan fingerprint density at radius 1 is 1.42 bits per heavy atom. The van der Waals surface area contributed by atoms with Gasteiger partial charge in [-0.2, -0.15) is 0 Å². The zero-order valence-corrected chi connectivity index (χ0v) is 7.17. The van der Waals surface area contributed by atoms with Crippen LogP contribution in [0.4, 0.5) is 0 Å². The molecule has 2 heterocycles. The van der Waals surface area contributed by atoms with Gasteiger partial charge in [0.15, 0.2) is 0 Å². The van der Waals surface area contributed by atoms with Gasteiger partial charge in [-0.15, -0.1) is 0 Å². The van der Waals surface area contributed by atoms with Gasteiger partial charge < -0.3 is 5.32 Å². The van der Waals surface area contributed by atoms with Crippen molar-refractivity contribution in [3.05, 3.63) is 35.7 Å². The van der Waals surface area contributed by atoms with Gasteiger partial charge in [0, 0.05) is 25.5 Å². The quantitative estimate of drug-likeness (QED) is 0.671. The SMILES string of the molecule is Cc1cncc(C2=CCNC2)c1. The Labute approximate surface area is 72.3 Å². The van der Waals surface area contributed by atoms with E-state index in [1.165, 1.54) is 16.7 Å². The van der Waals surface area contributed by atoms with Gasteiger partial charge in [-0.05, 0) is 29.7 Å². The molecule has 0 spiro atoms. The van der Waals surface area contributed by atoms with Gasteiger partial charge in [0.05, 0.1) is 0 Å². The first kappa shape index (κ1) is 7.50. The highest BCUT2D eigenvalue weighted by Crippen LogP contribution is 2.15. The average Bonchev–Trinajstić information content (AvgIpc) is 2.56. The van der Waals surface area contributed by atoms with Crippen molar-refractivity contribution in [2.75, 3.05) is 13.1 Å². The van der Waals surface area contributed by atoms with Crippen LogP contribution in [0.1, 0.15) is 11.1 Å². The smallest absolute Gasteiger partial charge is 0.0343 e. The van der Waals surface area contributed by atoms with Crippen LogP contribution < -0.4 is 5.32 Å². The molecule has 0 aromatic carbocycles. The molecule has 0 atom stereocenters. The molecule has 12 heavy (non-hydrogen) atoms. The summed E-state index contributed by atoms with van der Waals surface area (Å²) in [4.78, 5) is 4.16. The van der Waals surface area contributed by atoms with Crippen LogP contribution in [0, 0.1) is 6.92 Å². The molecule has 0 fully saturated rings. The van der Waals surface area contributed by atoms with E-state index in [9.17, 15) is 0 Å². The summed E-state index contributed by atoms with van der Waals surface area (Å²) in [6, 6.07) is 2.17. The van der Waals surface area contributed by atoms with Crippen LogP contribution in [0.3, 0.4) is 0 Å². The molecule has 1 aliphatic heterocycles. The molecule has 0 radical (unpaired) electrons. The zero-order valence-electron chi connectivity index (χ0n) is 7.17. The van der Waals surface area contributed by atoms with Gasteiger partial charge in [0.2, 0.25) is 0 Å². The Kier molecular flexibility index (Phi) is 1.92. The molecule has 1 aliphatic rings. The lowest BCUT2D eigenvalue weighted by atomic mass is 10.1. The second-order valence-corrected chi connectivity index (χ2v) is 3.11. The summed E-state index contributed by atoms with van der Waals surface area (Å²) in [6.45, 7) is 4.04. The van der Waals surface area contributed by atoms with E-state index < -0.39 is 0 Å². The zero-order chi connectivity index (χ0) is 8.39. The summed E-state index contributed by atoms with van der Waals surface area (Å²) in [6.07, 6.45) is 6.02. The van der Waals surface area contributed by atoms with E-state index >= 15 is 0 Å². The molecule has 0 aliphatic carbocycles. The Morgan fingerprint density at radius 3 is 3.00 bits per heavy atom. The van der Waals surface area contributed by atoms with Gasteiger partial charge in [0.1, 0.15) is 0 Å². The molecule has 62 valence electrons. The highest BCUT2D eigenvalue weighted by Gasteiger charge is 2.05. The van der Waals surface area contributed by atoms with E-state index in [4.69, 9.17) is 0 Å². The number of hydrogen-bond acceptors (Lipinski definition) is 2. The van der Waals surface area contributed by atoms with Crippen molar-refractivity contribution in [3.8, 4) is 0 Å². The molecule has 2 heteroatoms. The molecular formula is C10H12N2. The molecule has 2 nitrogen and oxygen atoms in total. The van der Waals surface area contributed by atoms with Crippen molar-refractivity contribution in [3.63, 3.8) is 0 Å². The third-order valence-corrected chi connectivity index (χ3v) is 2.05. The normalized spacial score (nSPS) is 16.2. The third kappa shape index (κ3) is 1.38. The highest BCUT2D eigenvalue weighted by molar-refractivity contribution is 5.68. The van der Waals surface area contributed by atoms with Gasteiger partial charge >= 0.3 is 0 Å². The monoisotopic (exact) mass is 160 g/mol. The minimum atomic E-state index is 0.977. The molecule has 0 saturated heterocycles. The minimum absolute atomic E-state index is 0.977. The van der Waals surface area contributed by atoms with E-state index in [1.807, 2.05) is 12.4 Å². The molecule has 0 saturated carbocycles. The summed E-state index contributed by atoms with van der Waals surface area (Å²) in [7, 11) is 0. The number of pyridine rings is 1. The fourth-order valence-electron chi connectivity index (χ4n) is 1.42. The Morgan fingerprint density at radius 2 is 2.33 bits per heavy atom. The molecule has 0 unspecified atom stereocenters. The van der Waals surface area contributed by atoms with Crippen molar-refractivity contribution >= 4 is 5.57 Å². The van der Waals surface area contributed by atoms with Crippen molar-refractivity contribution in [1.82, 2.24) is 10.3 Å². The molecular weight excluding hydrogens is 148 g/mol. The predicted octanol–water partition coefficient (Wildman–Crippen LogP) is 1.38.